The van der Waals surface area contributed by atoms with Crippen LogP contribution in [0.15, 0.2) is 29.3 Å². The van der Waals surface area contributed by atoms with Crippen LogP contribution in [0.2, 0.25) is 5.02 Å². The molecule has 0 radical (unpaired) electrons. The Morgan fingerprint density at radius 2 is 2.19 bits per heavy atom. The van der Waals surface area contributed by atoms with E-state index in [9.17, 15) is 12.8 Å². The summed E-state index contributed by atoms with van der Waals surface area (Å²) in [7, 11) is -4.02. The van der Waals surface area contributed by atoms with E-state index in [0.717, 1.165) is 12.5 Å². The van der Waals surface area contributed by atoms with E-state index in [4.69, 9.17) is 17.3 Å². The van der Waals surface area contributed by atoms with Crippen LogP contribution in [-0.4, -0.2) is 18.2 Å². The number of nitrogens with one attached hydrogen (secondary N) is 1. The number of hydrogen-bond acceptors (Lipinski definition) is 4. The number of sulfonamides is 1. The summed E-state index contributed by atoms with van der Waals surface area (Å²) in [4.78, 5) is -0.190. The molecule has 0 atom stereocenters. The average Bonchev–Trinajstić information content (AvgIpc) is 2.75. The number of benzene rings is 1. The van der Waals surface area contributed by atoms with Crippen LogP contribution in [0.5, 0.6) is 0 Å². The van der Waals surface area contributed by atoms with Gasteiger partial charge in [0, 0.05) is 17.8 Å². The van der Waals surface area contributed by atoms with Gasteiger partial charge in [-0.15, -0.1) is 0 Å². The smallest absolute Gasteiger partial charge is 0.267 e. The zero-order chi connectivity index (χ0) is 15.6. The Morgan fingerprint density at radius 3 is 2.81 bits per heavy atom. The van der Waals surface area contributed by atoms with Crippen molar-refractivity contribution in [2.75, 3.05) is 10.5 Å². The van der Waals surface area contributed by atoms with E-state index in [0.29, 0.717) is 6.54 Å². The number of nitrogens with zero attached hydrogens (tertiary/aromatic N) is 2. The highest BCUT2D eigenvalue weighted by molar-refractivity contribution is 7.92. The van der Waals surface area contributed by atoms with Crippen molar-refractivity contribution in [2.24, 2.45) is 0 Å². The lowest BCUT2D eigenvalue weighted by atomic mass is 10.3. The van der Waals surface area contributed by atoms with E-state index in [1.54, 1.807) is 0 Å². The highest BCUT2D eigenvalue weighted by atomic mass is 35.5. The first-order chi connectivity index (χ1) is 9.83. The molecule has 2 rings (SSSR count). The van der Waals surface area contributed by atoms with Crippen molar-refractivity contribution in [3.63, 3.8) is 0 Å². The zero-order valence-electron chi connectivity index (χ0n) is 11.2. The number of halogens is 2. The molecule has 0 aliphatic rings. The van der Waals surface area contributed by atoms with Gasteiger partial charge < -0.3 is 5.73 Å². The van der Waals surface area contributed by atoms with Crippen LogP contribution in [0, 0.1) is 5.82 Å². The topological polar surface area (TPSA) is 90.0 Å². The van der Waals surface area contributed by atoms with E-state index >= 15 is 0 Å². The summed E-state index contributed by atoms with van der Waals surface area (Å²) in [6.45, 7) is 2.46. The van der Waals surface area contributed by atoms with Gasteiger partial charge in [-0.1, -0.05) is 18.5 Å². The fourth-order valence-corrected chi connectivity index (χ4v) is 3.04. The van der Waals surface area contributed by atoms with Gasteiger partial charge in [-0.05, 0) is 24.6 Å². The minimum atomic E-state index is -4.02. The average molecular weight is 333 g/mol. The van der Waals surface area contributed by atoms with E-state index < -0.39 is 15.8 Å². The van der Waals surface area contributed by atoms with E-state index in [-0.39, 0.29) is 21.4 Å². The molecule has 1 heterocycles. The van der Waals surface area contributed by atoms with Gasteiger partial charge in [-0.3, -0.25) is 9.40 Å². The van der Waals surface area contributed by atoms with Crippen LogP contribution >= 0.6 is 11.6 Å². The van der Waals surface area contributed by atoms with Crippen LogP contribution < -0.4 is 10.5 Å². The number of hydrogen-bond donors (Lipinski definition) is 2. The van der Waals surface area contributed by atoms with Gasteiger partial charge in [-0.2, -0.15) is 5.10 Å². The van der Waals surface area contributed by atoms with Gasteiger partial charge >= 0.3 is 0 Å². The van der Waals surface area contributed by atoms with E-state index in [2.05, 4.69) is 9.82 Å². The van der Waals surface area contributed by atoms with Gasteiger partial charge in [0.1, 0.15) is 10.7 Å². The first-order valence-electron chi connectivity index (χ1n) is 6.14. The fraction of sp³-hybridized carbons (Fsp3) is 0.250. The lowest BCUT2D eigenvalue weighted by Gasteiger charge is -2.08. The monoisotopic (exact) mass is 332 g/mol. The Morgan fingerprint density at radius 1 is 1.48 bits per heavy atom. The normalized spacial score (nSPS) is 11.6. The molecule has 0 unspecified atom stereocenters. The number of rotatable bonds is 5. The molecular weight excluding hydrogens is 319 g/mol. The van der Waals surface area contributed by atoms with Gasteiger partial charge in [0.2, 0.25) is 0 Å². The number of aromatic nitrogens is 2. The summed E-state index contributed by atoms with van der Waals surface area (Å²) in [5.74, 6) is -0.907. The Balaban J connectivity index is 2.34. The zero-order valence-corrected chi connectivity index (χ0v) is 12.7. The molecule has 6 nitrogen and oxygen atoms in total. The maximum absolute atomic E-state index is 13.7. The largest absolute Gasteiger partial charge is 0.381 e. The molecule has 0 amide bonds. The van der Waals surface area contributed by atoms with Gasteiger partial charge in [0.05, 0.1) is 5.69 Å². The summed E-state index contributed by atoms with van der Waals surface area (Å²) >= 11 is 5.62. The first kappa shape index (κ1) is 15.6. The van der Waals surface area contributed by atoms with Crippen molar-refractivity contribution < 1.29 is 12.8 Å². The third-order valence-electron chi connectivity index (χ3n) is 2.67. The second kappa shape index (κ2) is 5.90. The predicted octanol–water partition coefficient (Wildman–Crippen LogP) is 2.47. The molecule has 0 fully saturated rings. The van der Waals surface area contributed by atoms with Crippen molar-refractivity contribution in [3.05, 3.63) is 35.2 Å². The third kappa shape index (κ3) is 3.45. The van der Waals surface area contributed by atoms with Crippen molar-refractivity contribution in [2.45, 2.75) is 24.8 Å². The summed E-state index contributed by atoms with van der Waals surface area (Å²) in [5, 5.41) is 4.08. The van der Waals surface area contributed by atoms with Gasteiger partial charge in [-0.25, -0.2) is 12.8 Å². The van der Waals surface area contributed by atoms with Crippen LogP contribution in [0.3, 0.4) is 0 Å². The number of anilines is 2. The summed E-state index contributed by atoms with van der Waals surface area (Å²) in [6, 6.07) is 3.64. The van der Waals surface area contributed by atoms with Crippen LogP contribution in [0.25, 0.3) is 0 Å². The maximum atomic E-state index is 13.7. The first-order valence-corrected chi connectivity index (χ1v) is 8.00. The van der Waals surface area contributed by atoms with Gasteiger partial charge in [0.25, 0.3) is 10.0 Å². The second-order valence-corrected chi connectivity index (χ2v) is 6.46. The minimum absolute atomic E-state index is 0.134. The standard InChI is InChI=1S/C12H14ClFN4O2S/c1-2-5-18-7-11(12(15)16-18)21(19,20)17-10-4-3-8(13)6-9(10)14/h3-4,6-7,17H,2,5H2,1H3,(H2,15,16). The van der Waals surface area contributed by atoms with Crippen molar-refractivity contribution >= 4 is 33.1 Å². The second-order valence-electron chi connectivity index (χ2n) is 4.37. The highest BCUT2D eigenvalue weighted by Gasteiger charge is 2.22. The molecule has 9 heteroatoms. The van der Waals surface area contributed by atoms with Crippen molar-refractivity contribution in [1.29, 1.82) is 0 Å². The molecule has 0 saturated carbocycles. The quantitative estimate of drug-likeness (QED) is 0.880. The summed E-state index contributed by atoms with van der Waals surface area (Å²) in [5.41, 5.74) is 5.40. The molecule has 0 spiro atoms. The molecule has 0 aliphatic carbocycles. The molecular formula is C12H14ClFN4O2S. The summed E-state index contributed by atoms with van der Waals surface area (Å²) in [6.07, 6.45) is 2.09. The summed E-state index contributed by atoms with van der Waals surface area (Å²) < 4.78 is 41.7. The predicted molar refractivity (Wildman–Crippen MR) is 79.1 cm³/mol. The van der Waals surface area contributed by atoms with E-state index in [1.807, 2.05) is 6.92 Å². The van der Waals surface area contributed by atoms with E-state index in [1.165, 1.54) is 23.0 Å². The fourth-order valence-electron chi connectivity index (χ4n) is 1.74. The molecule has 0 aliphatic heterocycles. The van der Waals surface area contributed by atoms with Crippen LogP contribution in [-0.2, 0) is 16.6 Å². The lowest BCUT2D eigenvalue weighted by Crippen LogP contribution is -2.14. The molecule has 0 saturated heterocycles. The third-order valence-corrected chi connectivity index (χ3v) is 4.29. The lowest BCUT2D eigenvalue weighted by molar-refractivity contribution is 0.593. The number of aryl methyl sites for hydroxylation is 1. The number of nitrogen functional groups attached to an aromatic ring is 1. The molecule has 1 aromatic heterocycles. The molecule has 21 heavy (non-hydrogen) atoms. The molecule has 1 aromatic carbocycles. The molecule has 3 N–H and O–H groups in total. The minimum Gasteiger partial charge on any atom is -0.381 e. The maximum Gasteiger partial charge on any atom is 0.267 e. The van der Waals surface area contributed by atoms with Crippen molar-refractivity contribution in [3.8, 4) is 0 Å². The molecule has 0 bridgehead atoms. The molecule has 2 aromatic rings. The number of nitrogens with two attached hydrogens (primary N) is 1. The Labute approximate surface area is 126 Å². The Hall–Kier alpha value is -1.80. The van der Waals surface area contributed by atoms with Gasteiger partial charge in [0.15, 0.2) is 5.82 Å². The van der Waals surface area contributed by atoms with Crippen molar-refractivity contribution in [1.82, 2.24) is 9.78 Å². The Kier molecular flexibility index (Phi) is 4.38. The SMILES string of the molecule is CCCn1cc(S(=O)(=O)Nc2ccc(Cl)cc2F)c(N)n1. The van der Waals surface area contributed by atoms with Crippen LogP contribution in [0.1, 0.15) is 13.3 Å². The Bertz CT molecular complexity index is 761. The molecule has 114 valence electrons. The van der Waals surface area contributed by atoms with Crippen LogP contribution in [0.4, 0.5) is 15.9 Å². The highest BCUT2D eigenvalue weighted by Crippen LogP contribution is 2.24.